The van der Waals surface area contributed by atoms with E-state index in [1.54, 1.807) is 12.4 Å². The number of nitrogens with one attached hydrogen (secondary N) is 1. The first-order chi connectivity index (χ1) is 13.7. The number of hydrogen-bond donors (Lipinski definition) is 1. The lowest BCUT2D eigenvalue weighted by atomic mass is 9.71. The van der Waals surface area contributed by atoms with E-state index in [1.807, 2.05) is 47.4 Å². The molecule has 1 aromatic heterocycles. The Morgan fingerprint density at radius 3 is 2.75 bits per heavy atom. The number of carbonyl (C=O) groups is 2. The molecular formula is C23H25N3O2. The minimum atomic E-state index is -0.308. The lowest BCUT2D eigenvalue weighted by Gasteiger charge is -2.41. The number of amides is 2. The molecule has 1 N–H and O–H groups in total. The molecule has 1 aliphatic carbocycles. The second kappa shape index (κ2) is 8.38. The molecule has 1 aromatic carbocycles. The molecule has 2 aliphatic rings. The van der Waals surface area contributed by atoms with Crippen molar-refractivity contribution < 1.29 is 9.59 Å². The van der Waals surface area contributed by atoms with Crippen molar-refractivity contribution in [3.05, 3.63) is 78.1 Å². The van der Waals surface area contributed by atoms with Crippen LogP contribution >= 0.6 is 0 Å². The maximum absolute atomic E-state index is 13.3. The van der Waals surface area contributed by atoms with E-state index in [0.717, 1.165) is 24.1 Å². The number of carbonyl (C=O) groups excluding carboxylic acids is 2. The molecule has 0 radical (unpaired) electrons. The van der Waals surface area contributed by atoms with Gasteiger partial charge >= 0.3 is 0 Å². The van der Waals surface area contributed by atoms with Gasteiger partial charge in [0.05, 0.1) is 11.8 Å². The van der Waals surface area contributed by atoms with Crippen molar-refractivity contribution in [1.29, 1.82) is 0 Å². The van der Waals surface area contributed by atoms with Gasteiger partial charge in [-0.1, -0.05) is 48.6 Å². The number of pyridine rings is 1. The highest BCUT2D eigenvalue weighted by Crippen LogP contribution is 2.37. The summed E-state index contributed by atoms with van der Waals surface area (Å²) in [5.74, 6) is -0.361. The van der Waals surface area contributed by atoms with Crippen molar-refractivity contribution in [2.75, 3.05) is 6.54 Å². The summed E-state index contributed by atoms with van der Waals surface area (Å²) < 4.78 is 0. The van der Waals surface area contributed by atoms with Crippen LogP contribution in [0, 0.1) is 17.8 Å². The van der Waals surface area contributed by atoms with Crippen molar-refractivity contribution in [3.63, 3.8) is 0 Å². The molecule has 144 valence electrons. The summed E-state index contributed by atoms with van der Waals surface area (Å²) in [5.41, 5.74) is 2.08. The fraction of sp³-hybridized carbons (Fsp3) is 0.348. The van der Waals surface area contributed by atoms with Crippen LogP contribution in [0.1, 0.15) is 24.0 Å². The number of piperidine rings is 1. The molecule has 0 bridgehead atoms. The molecule has 4 rings (SSSR count). The van der Waals surface area contributed by atoms with Gasteiger partial charge in [-0.05, 0) is 36.0 Å². The van der Waals surface area contributed by atoms with Gasteiger partial charge in [0.15, 0.2) is 0 Å². The van der Waals surface area contributed by atoms with Crippen molar-refractivity contribution in [2.24, 2.45) is 17.8 Å². The van der Waals surface area contributed by atoms with Crippen LogP contribution in [-0.2, 0) is 22.7 Å². The zero-order chi connectivity index (χ0) is 19.3. The van der Waals surface area contributed by atoms with Crippen LogP contribution < -0.4 is 5.32 Å². The number of nitrogens with zero attached hydrogens (tertiary/aromatic N) is 2. The van der Waals surface area contributed by atoms with Gasteiger partial charge < -0.3 is 10.2 Å². The molecule has 5 heteroatoms. The fourth-order valence-electron chi connectivity index (χ4n) is 4.28. The predicted molar refractivity (Wildman–Crippen MR) is 107 cm³/mol. The monoisotopic (exact) mass is 375 g/mol. The van der Waals surface area contributed by atoms with Crippen LogP contribution in [0.5, 0.6) is 0 Å². The maximum Gasteiger partial charge on any atom is 0.227 e. The number of aromatic nitrogens is 1. The van der Waals surface area contributed by atoms with E-state index in [1.165, 1.54) is 0 Å². The second-order valence-electron chi connectivity index (χ2n) is 7.57. The zero-order valence-electron chi connectivity index (χ0n) is 15.8. The minimum Gasteiger partial charge on any atom is -0.352 e. The number of fused-ring (bicyclic) bond motifs is 1. The third-order valence-electron chi connectivity index (χ3n) is 5.74. The Bertz CT molecular complexity index is 851. The summed E-state index contributed by atoms with van der Waals surface area (Å²) in [6.07, 6.45) is 9.18. The first kappa shape index (κ1) is 18.4. The number of benzene rings is 1. The lowest BCUT2D eigenvalue weighted by molar-refractivity contribution is -0.148. The van der Waals surface area contributed by atoms with Gasteiger partial charge in [0.25, 0.3) is 0 Å². The van der Waals surface area contributed by atoms with Crippen LogP contribution in [0.2, 0.25) is 0 Å². The molecule has 2 heterocycles. The number of likely N-dealkylation sites (tertiary alicyclic amines) is 1. The van der Waals surface area contributed by atoms with Crippen molar-refractivity contribution in [2.45, 2.75) is 25.9 Å². The van der Waals surface area contributed by atoms with Crippen molar-refractivity contribution in [1.82, 2.24) is 15.2 Å². The topological polar surface area (TPSA) is 62.3 Å². The molecule has 1 aliphatic heterocycles. The van der Waals surface area contributed by atoms with Crippen LogP contribution in [0.25, 0.3) is 0 Å². The van der Waals surface area contributed by atoms with Crippen molar-refractivity contribution >= 4 is 11.8 Å². The Morgan fingerprint density at radius 1 is 1.14 bits per heavy atom. The summed E-state index contributed by atoms with van der Waals surface area (Å²) >= 11 is 0. The first-order valence-corrected chi connectivity index (χ1v) is 9.88. The highest BCUT2D eigenvalue weighted by molar-refractivity contribution is 5.89. The second-order valence-corrected chi connectivity index (χ2v) is 7.57. The molecule has 0 spiro atoms. The lowest BCUT2D eigenvalue weighted by Crippen LogP contribution is -2.51. The highest BCUT2D eigenvalue weighted by atomic mass is 16.2. The molecule has 2 amide bonds. The van der Waals surface area contributed by atoms with Gasteiger partial charge in [0.2, 0.25) is 11.8 Å². The molecule has 0 saturated carbocycles. The standard InChI is InChI=1S/C23H25N3O2/c27-22(25-15-18-8-5-12-24-14-18)20-10-4-9-19-11-13-26(23(28)21(19)20)16-17-6-2-1-3-7-17/h1-9,12,14,19-21H,10-11,13,15-16H2,(H,25,27)/t19-,20-,21+/m1/s1. The van der Waals surface area contributed by atoms with E-state index >= 15 is 0 Å². The van der Waals surface area contributed by atoms with Crippen LogP contribution in [0.3, 0.4) is 0 Å². The highest BCUT2D eigenvalue weighted by Gasteiger charge is 2.44. The van der Waals surface area contributed by atoms with E-state index in [-0.39, 0.29) is 29.6 Å². The SMILES string of the molecule is O=C(NCc1cccnc1)[C@@H]1CC=C[C@@H]2CCN(Cc3ccccc3)C(=O)[C@@H]21. The largest absolute Gasteiger partial charge is 0.352 e. The molecular weight excluding hydrogens is 350 g/mol. The Labute approximate surface area is 165 Å². The molecule has 0 unspecified atom stereocenters. The number of hydrogen-bond acceptors (Lipinski definition) is 3. The normalized spacial score (nSPS) is 23.9. The average Bonchev–Trinajstić information content (AvgIpc) is 2.75. The summed E-state index contributed by atoms with van der Waals surface area (Å²) in [7, 11) is 0. The summed E-state index contributed by atoms with van der Waals surface area (Å²) in [6.45, 7) is 1.78. The molecule has 3 atom stereocenters. The summed E-state index contributed by atoms with van der Waals surface area (Å²) in [5, 5.41) is 3.00. The minimum absolute atomic E-state index is 0.0434. The Hall–Kier alpha value is -2.95. The van der Waals surface area contributed by atoms with Crippen LogP contribution in [-0.4, -0.2) is 28.2 Å². The van der Waals surface area contributed by atoms with Gasteiger partial charge in [-0.2, -0.15) is 0 Å². The van der Waals surface area contributed by atoms with Gasteiger partial charge in [-0.15, -0.1) is 0 Å². The van der Waals surface area contributed by atoms with Crippen LogP contribution in [0.4, 0.5) is 0 Å². The zero-order valence-corrected chi connectivity index (χ0v) is 15.8. The number of allylic oxidation sites excluding steroid dienone is 2. The predicted octanol–water partition coefficient (Wildman–Crippen LogP) is 2.94. The fourth-order valence-corrected chi connectivity index (χ4v) is 4.28. The molecule has 1 fully saturated rings. The molecule has 1 saturated heterocycles. The van der Waals surface area contributed by atoms with Gasteiger partial charge in [-0.25, -0.2) is 0 Å². The summed E-state index contributed by atoms with van der Waals surface area (Å²) in [6, 6.07) is 13.8. The average molecular weight is 375 g/mol. The third-order valence-corrected chi connectivity index (χ3v) is 5.74. The maximum atomic E-state index is 13.3. The van der Waals surface area contributed by atoms with E-state index in [4.69, 9.17) is 0 Å². The van der Waals surface area contributed by atoms with E-state index in [9.17, 15) is 9.59 Å². The Kier molecular flexibility index (Phi) is 5.51. The van der Waals surface area contributed by atoms with E-state index in [2.05, 4.69) is 22.5 Å². The van der Waals surface area contributed by atoms with Gasteiger partial charge in [0.1, 0.15) is 0 Å². The van der Waals surface area contributed by atoms with E-state index in [0.29, 0.717) is 19.5 Å². The third kappa shape index (κ3) is 3.98. The van der Waals surface area contributed by atoms with E-state index < -0.39 is 0 Å². The van der Waals surface area contributed by atoms with Crippen LogP contribution in [0.15, 0.2) is 67.0 Å². The summed E-state index contributed by atoms with van der Waals surface area (Å²) in [4.78, 5) is 32.1. The molecule has 28 heavy (non-hydrogen) atoms. The van der Waals surface area contributed by atoms with Gasteiger partial charge in [0, 0.05) is 32.0 Å². The first-order valence-electron chi connectivity index (χ1n) is 9.88. The molecule has 2 aromatic rings. The Morgan fingerprint density at radius 2 is 1.96 bits per heavy atom. The van der Waals surface area contributed by atoms with Crippen molar-refractivity contribution in [3.8, 4) is 0 Å². The smallest absolute Gasteiger partial charge is 0.227 e. The number of rotatable bonds is 5. The Balaban J connectivity index is 1.45. The molecule has 5 nitrogen and oxygen atoms in total. The van der Waals surface area contributed by atoms with Gasteiger partial charge in [-0.3, -0.25) is 14.6 Å². The quantitative estimate of drug-likeness (QED) is 0.818.